The summed E-state index contributed by atoms with van der Waals surface area (Å²) in [5, 5.41) is 8.69. The molecule has 2 amide bonds. The van der Waals surface area contributed by atoms with Gasteiger partial charge in [0.25, 0.3) is 0 Å². The Labute approximate surface area is 171 Å². The van der Waals surface area contributed by atoms with Crippen LogP contribution in [0.2, 0.25) is 0 Å². The molecular formula is C20H26N4O4S. The van der Waals surface area contributed by atoms with E-state index in [9.17, 15) is 18.0 Å². The van der Waals surface area contributed by atoms with Crippen molar-refractivity contribution in [3.8, 4) is 6.07 Å². The lowest BCUT2D eigenvalue weighted by Gasteiger charge is -2.33. The third-order valence-corrected chi connectivity index (χ3v) is 7.41. The highest BCUT2D eigenvalue weighted by atomic mass is 32.2. The first kappa shape index (κ1) is 21.3. The Kier molecular flexibility index (Phi) is 6.55. The number of rotatable bonds is 6. The number of nitrogens with zero attached hydrogens (tertiary/aromatic N) is 4. The molecule has 0 unspecified atom stereocenters. The lowest BCUT2D eigenvalue weighted by Crippen LogP contribution is -2.46. The normalized spacial score (nSPS) is 20.5. The van der Waals surface area contributed by atoms with E-state index in [-0.39, 0.29) is 29.7 Å². The zero-order chi connectivity index (χ0) is 21.0. The van der Waals surface area contributed by atoms with Gasteiger partial charge in [-0.15, -0.1) is 0 Å². The summed E-state index contributed by atoms with van der Waals surface area (Å²) in [6.45, 7) is 1.51. The maximum Gasteiger partial charge on any atom is 0.243 e. The number of sulfonamides is 1. The second kappa shape index (κ2) is 8.93. The second-order valence-corrected chi connectivity index (χ2v) is 9.45. The van der Waals surface area contributed by atoms with E-state index in [0.29, 0.717) is 44.6 Å². The van der Waals surface area contributed by atoms with Gasteiger partial charge in [-0.3, -0.25) is 9.59 Å². The predicted molar refractivity (Wildman–Crippen MR) is 107 cm³/mol. The van der Waals surface area contributed by atoms with E-state index in [1.165, 1.54) is 21.3 Å². The van der Waals surface area contributed by atoms with Crippen molar-refractivity contribution in [3.63, 3.8) is 0 Å². The monoisotopic (exact) mass is 418 g/mol. The van der Waals surface area contributed by atoms with Gasteiger partial charge in [0.15, 0.2) is 0 Å². The van der Waals surface area contributed by atoms with Crippen LogP contribution < -0.4 is 4.90 Å². The average Bonchev–Trinajstić information content (AvgIpc) is 3.17. The van der Waals surface area contributed by atoms with Gasteiger partial charge in [0.2, 0.25) is 21.8 Å². The summed E-state index contributed by atoms with van der Waals surface area (Å²) in [5.74, 6) is -0.467. The van der Waals surface area contributed by atoms with E-state index < -0.39 is 15.9 Å². The summed E-state index contributed by atoms with van der Waals surface area (Å²) < 4.78 is 27.5. The van der Waals surface area contributed by atoms with Crippen LogP contribution in [0.5, 0.6) is 0 Å². The molecule has 3 rings (SSSR count). The number of anilines is 1. The van der Waals surface area contributed by atoms with E-state index in [2.05, 4.69) is 0 Å². The van der Waals surface area contributed by atoms with Gasteiger partial charge in [0.1, 0.15) is 0 Å². The molecule has 9 heteroatoms. The van der Waals surface area contributed by atoms with Gasteiger partial charge in [-0.1, -0.05) is 0 Å². The Morgan fingerprint density at radius 1 is 1.24 bits per heavy atom. The number of amides is 2. The average molecular weight is 419 g/mol. The van der Waals surface area contributed by atoms with Crippen LogP contribution in [0.15, 0.2) is 29.2 Å². The number of hydrogen-bond acceptors (Lipinski definition) is 5. The van der Waals surface area contributed by atoms with Gasteiger partial charge in [0.05, 0.1) is 23.3 Å². The van der Waals surface area contributed by atoms with Crippen molar-refractivity contribution < 1.29 is 18.0 Å². The number of piperidine rings is 1. The summed E-state index contributed by atoms with van der Waals surface area (Å²) in [6, 6.07) is 8.40. The molecule has 2 aliphatic rings. The molecule has 8 nitrogen and oxygen atoms in total. The van der Waals surface area contributed by atoms with E-state index in [0.717, 1.165) is 6.42 Å². The molecule has 0 radical (unpaired) electrons. The molecule has 0 N–H and O–H groups in total. The van der Waals surface area contributed by atoms with Crippen molar-refractivity contribution >= 4 is 27.5 Å². The number of hydrogen-bond donors (Lipinski definition) is 0. The fourth-order valence-corrected chi connectivity index (χ4v) is 5.39. The van der Waals surface area contributed by atoms with Crippen LogP contribution in [0.1, 0.15) is 32.1 Å². The minimum Gasteiger partial charge on any atom is -0.344 e. The van der Waals surface area contributed by atoms with Crippen LogP contribution in [0.4, 0.5) is 5.69 Å². The summed E-state index contributed by atoms with van der Waals surface area (Å²) in [6.07, 6.45) is 2.83. The molecule has 1 aromatic carbocycles. The maximum atomic E-state index is 13.1. The SMILES string of the molecule is CN(CCC#N)C(=O)[C@H]1CCCN(S(=O)(=O)c2ccc(N3CCCC3=O)cc2)C1. The van der Waals surface area contributed by atoms with Gasteiger partial charge >= 0.3 is 0 Å². The van der Waals surface area contributed by atoms with Crippen molar-refractivity contribution in [2.75, 3.05) is 38.1 Å². The molecule has 156 valence electrons. The molecule has 0 aliphatic carbocycles. The van der Waals surface area contributed by atoms with Gasteiger partial charge in [-0.05, 0) is 43.5 Å². The molecule has 2 saturated heterocycles. The van der Waals surface area contributed by atoms with Crippen molar-refractivity contribution in [1.82, 2.24) is 9.21 Å². The molecule has 2 heterocycles. The Balaban J connectivity index is 1.71. The van der Waals surface area contributed by atoms with Crippen molar-refractivity contribution in [1.29, 1.82) is 5.26 Å². The van der Waals surface area contributed by atoms with E-state index in [1.54, 1.807) is 24.1 Å². The Morgan fingerprint density at radius 2 is 1.97 bits per heavy atom. The topological polar surface area (TPSA) is 102 Å². The van der Waals surface area contributed by atoms with Gasteiger partial charge in [-0.25, -0.2) is 8.42 Å². The van der Waals surface area contributed by atoms with Crippen LogP contribution >= 0.6 is 0 Å². The molecule has 1 aromatic rings. The Hall–Kier alpha value is -2.44. The molecular weight excluding hydrogens is 392 g/mol. The van der Waals surface area contributed by atoms with Gasteiger partial charge in [0, 0.05) is 45.3 Å². The third-order valence-electron chi connectivity index (χ3n) is 5.53. The first-order valence-electron chi connectivity index (χ1n) is 9.87. The Bertz CT molecular complexity index is 907. The van der Waals surface area contributed by atoms with Gasteiger partial charge in [-0.2, -0.15) is 9.57 Å². The Morgan fingerprint density at radius 3 is 2.59 bits per heavy atom. The molecule has 0 aromatic heterocycles. The quantitative estimate of drug-likeness (QED) is 0.698. The highest BCUT2D eigenvalue weighted by Crippen LogP contribution is 2.27. The fourth-order valence-electron chi connectivity index (χ4n) is 3.87. The predicted octanol–water partition coefficient (Wildman–Crippen LogP) is 1.59. The number of carbonyl (C=O) groups is 2. The van der Waals surface area contributed by atoms with E-state index >= 15 is 0 Å². The zero-order valence-corrected chi connectivity index (χ0v) is 17.4. The lowest BCUT2D eigenvalue weighted by atomic mass is 9.98. The molecule has 2 fully saturated rings. The number of nitriles is 1. The summed E-state index contributed by atoms with van der Waals surface area (Å²) in [4.78, 5) is 27.8. The second-order valence-electron chi connectivity index (χ2n) is 7.51. The third kappa shape index (κ3) is 4.60. The molecule has 2 aliphatic heterocycles. The van der Waals surface area contributed by atoms with Crippen molar-refractivity contribution in [3.05, 3.63) is 24.3 Å². The van der Waals surface area contributed by atoms with Crippen molar-refractivity contribution in [2.24, 2.45) is 5.92 Å². The minimum atomic E-state index is -3.72. The molecule has 0 bridgehead atoms. The summed E-state index contributed by atoms with van der Waals surface area (Å²) in [7, 11) is -2.07. The molecule has 0 spiro atoms. The molecule has 0 saturated carbocycles. The van der Waals surface area contributed by atoms with Crippen LogP contribution in [0, 0.1) is 17.2 Å². The number of carbonyl (C=O) groups excluding carboxylic acids is 2. The highest BCUT2D eigenvalue weighted by molar-refractivity contribution is 7.89. The van der Waals surface area contributed by atoms with Gasteiger partial charge < -0.3 is 9.80 Å². The van der Waals surface area contributed by atoms with Crippen LogP contribution in [-0.4, -0.2) is 62.7 Å². The zero-order valence-electron chi connectivity index (χ0n) is 16.6. The smallest absolute Gasteiger partial charge is 0.243 e. The van der Waals surface area contributed by atoms with Crippen LogP contribution in [-0.2, 0) is 19.6 Å². The summed E-state index contributed by atoms with van der Waals surface area (Å²) in [5.41, 5.74) is 0.706. The minimum absolute atomic E-state index is 0.0542. The molecule has 1 atom stereocenters. The molecule has 29 heavy (non-hydrogen) atoms. The highest BCUT2D eigenvalue weighted by Gasteiger charge is 2.34. The first-order chi connectivity index (χ1) is 13.8. The van der Waals surface area contributed by atoms with E-state index in [1.807, 2.05) is 6.07 Å². The first-order valence-corrected chi connectivity index (χ1v) is 11.3. The largest absolute Gasteiger partial charge is 0.344 e. The van der Waals surface area contributed by atoms with Crippen molar-refractivity contribution in [2.45, 2.75) is 37.0 Å². The fraction of sp³-hybridized carbons (Fsp3) is 0.550. The summed E-state index contributed by atoms with van der Waals surface area (Å²) >= 11 is 0. The standard InChI is InChI=1S/C20H26N4O4S/c1-22(12-4-11-21)20(26)16-5-2-13-23(15-16)29(27,28)18-9-7-17(8-10-18)24-14-3-6-19(24)25/h7-10,16H,2-6,12-15H2,1H3/t16-/m0/s1. The van der Waals surface area contributed by atoms with Crippen LogP contribution in [0.3, 0.4) is 0 Å². The lowest BCUT2D eigenvalue weighted by molar-refractivity contribution is -0.135. The number of benzene rings is 1. The van der Waals surface area contributed by atoms with E-state index in [4.69, 9.17) is 5.26 Å². The van der Waals surface area contributed by atoms with Crippen LogP contribution in [0.25, 0.3) is 0 Å². The maximum absolute atomic E-state index is 13.1.